The first-order chi connectivity index (χ1) is 9.25. The summed E-state index contributed by atoms with van der Waals surface area (Å²) in [6.07, 6.45) is 6.08. The van der Waals surface area contributed by atoms with Gasteiger partial charge in [0.25, 0.3) is 0 Å². The first-order valence-electron chi connectivity index (χ1n) is 6.79. The van der Waals surface area contributed by atoms with E-state index >= 15 is 0 Å². The van der Waals surface area contributed by atoms with Crippen LogP contribution in [0.2, 0.25) is 0 Å². The summed E-state index contributed by atoms with van der Waals surface area (Å²) in [6.45, 7) is 0. The zero-order valence-electron chi connectivity index (χ0n) is 11.1. The Hall–Kier alpha value is -1.90. The molecule has 0 radical (unpaired) electrons. The van der Waals surface area contributed by atoms with Crippen molar-refractivity contribution in [1.29, 1.82) is 0 Å². The maximum absolute atomic E-state index is 12.2. The molecule has 1 aromatic heterocycles. The van der Waals surface area contributed by atoms with Crippen LogP contribution in [0.4, 0.5) is 0 Å². The van der Waals surface area contributed by atoms with Crippen molar-refractivity contribution >= 4 is 5.78 Å². The molecule has 0 aliphatic heterocycles. The van der Waals surface area contributed by atoms with Gasteiger partial charge in [0.2, 0.25) is 0 Å². The summed E-state index contributed by atoms with van der Waals surface area (Å²) >= 11 is 0. The Balaban J connectivity index is 1.55. The second-order valence-corrected chi connectivity index (χ2v) is 5.28. The highest BCUT2D eigenvalue weighted by Crippen LogP contribution is 2.48. The van der Waals surface area contributed by atoms with Crippen molar-refractivity contribution in [2.24, 2.45) is 13.0 Å². The molecule has 0 spiro atoms. The van der Waals surface area contributed by atoms with Gasteiger partial charge in [-0.15, -0.1) is 0 Å². The third-order valence-electron chi connectivity index (χ3n) is 3.95. The Labute approximate surface area is 113 Å². The molecule has 0 saturated heterocycles. The molecule has 1 aliphatic rings. The smallest absolute Gasteiger partial charge is 0.137 e. The maximum Gasteiger partial charge on any atom is 0.137 e. The number of hydrogen-bond donors (Lipinski definition) is 0. The highest BCUT2D eigenvalue weighted by atomic mass is 16.1. The lowest BCUT2D eigenvalue weighted by Crippen LogP contribution is -2.06. The van der Waals surface area contributed by atoms with Crippen LogP contribution in [-0.2, 0) is 18.3 Å². The van der Waals surface area contributed by atoms with Crippen molar-refractivity contribution in [2.45, 2.75) is 25.2 Å². The molecule has 1 aliphatic carbocycles. The van der Waals surface area contributed by atoms with E-state index in [1.807, 2.05) is 36.0 Å². The van der Waals surface area contributed by atoms with Gasteiger partial charge in [0.15, 0.2) is 0 Å². The Kier molecular flexibility index (Phi) is 3.20. The van der Waals surface area contributed by atoms with Crippen LogP contribution in [0.25, 0.3) is 0 Å². The Morgan fingerprint density at radius 3 is 2.84 bits per heavy atom. The summed E-state index contributed by atoms with van der Waals surface area (Å²) in [4.78, 5) is 16.4. The van der Waals surface area contributed by atoms with E-state index in [2.05, 4.69) is 17.1 Å². The largest absolute Gasteiger partial charge is 0.338 e. The van der Waals surface area contributed by atoms with E-state index in [1.54, 1.807) is 6.20 Å². The molecule has 19 heavy (non-hydrogen) atoms. The van der Waals surface area contributed by atoms with Gasteiger partial charge in [-0.3, -0.25) is 4.79 Å². The molecule has 1 aromatic carbocycles. The number of ketones is 1. The van der Waals surface area contributed by atoms with E-state index in [0.29, 0.717) is 18.1 Å². The summed E-state index contributed by atoms with van der Waals surface area (Å²) < 4.78 is 1.98. The van der Waals surface area contributed by atoms with E-state index < -0.39 is 0 Å². The van der Waals surface area contributed by atoms with Crippen LogP contribution in [0.15, 0.2) is 42.7 Å². The number of imidazole rings is 1. The van der Waals surface area contributed by atoms with Gasteiger partial charge in [-0.1, -0.05) is 30.3 Å². The van der Waals surface area contributed by atoms with E-state index in [0.717, 1.165) is 18.7 Å². The van der Waals surface area contributed by atoms with Crippen LogP contribution in [0.5, 0.6) is 0 Å². The van der Waals surface area contributed by atoms with Gasteiger partial charge in [0, 0.05) is 38.2 Å². The van der Waals surface area contributed by atoms with E-state index in [1.165, 1.54) is 5.56 Å². The summed E-state index contributed by atoms with van der Waals surface area (Å²) in [5.41, 5.74) is 1.30. The summed E-state index contributed by atoms with van der Waals surface area (Å²) in [5, 5.41) is 0. The zero-order valence-corrected chi connectivity index (χ0v) is 11.1. The van der Waals surface area contributed by atoms with Crippen molar-refractivity contribution in [3.63, 3.8) is 0 Å². The minimum atomic E-state index is 0.239. The fourth-order valence-corrected chi connectivity index (χ4v) is 2.68. The van der Waals surface area contributed by atoms with Gasteiger partial charge in [-0.25, -0.2) is 4.98 Å². The molecule has 3 nitrogen and oxygen atoms in total. The Morgan fingerprint density at radius 1 is 1.37 bits per heavy atom. The third kappa shape index (κ3) is 2.60. The van der Waals surface area contributed by atoms with Crippen LogP contribution in [-0.4, -0.2) is 15.3 Å². The minimum absolute atomic E-state index is 0.239. The highest BCUT2D eigenvalue weighted by molar-refractivity contribution is 5.85. The molecular weight excluding hydrogens is 236 g/mol. The van der Waals surface area contributed by atoms with Crippen molar-refractivity contribution < 1.29 is 4.79 Å². The summed E-state index contributed by atoms with van der Waals surface area (Å²) in [5.74, 6) is 2.07. The zero-order chi connectivity index (χ0) is 13.2. The first-order valence-corrected chi connectivity index (χ1v) is 6.79. The molecule has 1 fully saturated rings. The number of hydrogen-bond acceptors (Lipinski definition) is 2. The van der Waals surface area contributed by atoms with Gasteiger partial charge < -0.3 is 4.57 Å². The predicted octanol–water partition coefficient (Wildman–Crippen LogP) is 2.73. The van der Waals surface area contributed by atoms with Crippen LogP contribution in [0.1, 0.15) is 30.1 Å². The second-order valence-electron chi connectivity index (χ2n) is 5.28. The highest BCUT2D eigenvalue weighted by Gasteiger charge is 2.42. The molecule has 0 bridgehead atoms. The normalized spacial score (nSPS) is 21.3. The topological polar surface area (TPSA) is 34.9 Å². The predicted molar refractivity (Wildman–Crippen MR) is 73.8 cm³/mol. The number of carbonyl (C=O) groups excluding carboxylic acids is 1. The van der Waals surface area contributed by atoms with Crippen LogP contribution in [0, 0.1) is 5.92 Å². The van der Waals surface area contributed by atoms with Gasteiger partial charge in [0.05, 0.1) is 0 Å². The molecule has 3 rings (SSSR count). The number of Topliss-reactive ketones (excluding diaryl/α,β-unsaturated/α-hetero) is 1. The molecular formula is C16H18N2O. The van der Waals surface area contributed by atoms with Crippen LogP contribution < -0.4 is 0 Å². The van der Waals surface area contributed by atoms with Gasteiger partial charge in [-0.2, -0.15) is 0 Å². The molecule has 1 saturated carbocycles. The van der Waals surface area contributed by atoms with Gasteiger partial charge >= 0.3 is 0 Å². The van der Waals surface area contributed by atoms with Crippen molar-refractivity contribution in [2.75, 3.05) is 0 Å². The van der Waals surface area contributed by atoms with Crippen LogP contribution >= 0.6 is 0 Å². The van der Waals surface area contributed by atoms with E-state index in [4.69, 9.17) is 0 Å². The van der Waals surface area contributed by atoms with Crippen molar-refractivity contribution in [3.05, 3.63) is 54.1 Å². The molecule has 0 N–H and O–H groups in total. The Bertz CT molecular complexity index is 573. The molecule has 0 amide bonds. The lowest BCUT2D eigenvalue weighted by atomic mass is 10.1. The fourth-order valence-electron chi connectivity index (χ4n) is 2.68. The van der Waals surface area contributed by atoms with E-state index in [9.17, 15) is 4.79 Å². The molecule has 3 heteroatoms. The third-order valence-corrected chi connectivity index (χ3v) is 3.95. The minimum Gasteiger partial charge on any atom is -0.338 e. The lowest BCUT2D eigenvalue weighted by Gasteiger charge is -2.02. The summed E-state index contributed by atoms with van der Waals surface area (Å²) in [7, 11) is 1.97. The molecule has 2 unspecified atom stereocenters. The number of aromatic nitrogens is 2. The number of nitrogens with zero attached hydrogens (tertiary/aromatic N) is 2. The SMILES string of the molecule is Cn1ccnc1CCC(=O)C1CC1c1ccccc1. The standard InChI is InChI=1S/C16H18N2O/c1-18-10-9-17-16(18)8-7-15(19)14-11-13(14)12-5-3-2-4-6-12/h2-6,9-10,13-14H,7-8,11H2,1H3. The number of carbonyl (C=O) groups is 1. The molecule has 2 aromatic rings. The monoisotopic (exact) mass is 254 g/mol. The molecule has 98 valence electrons. The fraction of sp³-hybridized carbons (Fsp3) is 0.375. The second kappa shape index (κ2) is 5.00. The van der Waals surface area contributed by atoms with Crippen molar-refractivity contribution in [3.8, 4) is 0 Å². The summed E-state index contributed by atoms with van der Waals surface area (Å²) in [6, 6.07) is 10.4. The van der Waals surface area contributed by atoms with E-state index in [-0.39, 0.29) is 5.92 Å². The van der Waals surface area contributed by atoms with Crippen molar-refractivity contribution in [1.82, 2.24) is 9.55 Å². The average molecular weight is 254 g/mol. The maximum atomic E-state index is 12.2. The quantitative estimate of drug-likeness (QED) is 0.822. The number of benzene rings is 1. The van der Waals surface area contributed by atoms with Gasteiger partial charge in [0.1, 0.15) is 11.6 Å². The van der Waals surface area contributed by atoms with Gasteiger partial charge in [-0.05, 0) is 17.9 Å². The average Bonchev–Trinajstić information content (AvgIpc) is 3.14. The number of rotatable bonds is 5. The Morgan fingerprint density at radius 2 is 2.16 bits per heavy atom. The molecule has 2 atom stereocenters. The number of aryl methyl sites for hydroxylation is 2. The van der Waals surface area contributed by atoms with Crippen LogP contribution in [0.3, 0.4) is 0 Å². The molecule has 1 heterocycles. The first kappa shape index (κ1) is 12.2. The lowest BCUT2D eigenvalue weighted by molar-refractivity contribution is -0.120.